The molecule has 0 aliphatic heterocycles. The zero-order valence-electron chi connectivity index (χ0n) is 10.6. The fraction of sp³-hybridized carbons (Fsp3) is 0.417. The Hall–Kier alpha value is -1.82. The lowest BCUT2D eigenvalue weighted by molar-refractivity contribution is -0.384. The quantitative estimate of drug-likeness (QED) is 0.641. The number of nitrogens with zero attached hydrogens (tertiary/aromatic N) is 1. The van der Waals surface area contributed by atoms with Gasteiger partial charge in [-0.15, -0.1) is 0 Å². The standard InChI is InChI=1S/C12H14ClNO5/c1-12(2,11(15)16)5-6-19-10-4-3-8(14(17)18)7-9(10)13/h3-4,7H,5-6H2,1-2H3,(H,15,16). The number of nitro benzene ring substituents is 1. The summed E-state index contributed by atoms with van der Waals surface area (Å²) < 4.78 is 5.34. The van der Waals surface area contributed by atoms with Crippen LogP contribution in [-0.4, -0.2) is 22.6 Å². The molecule has 0 aliphatic carbocycles. The summed E-state index contributed by atoms with van der Waals surface area (Å²) in [6.45, 7) is 3.35. The Labute approximate surface area is 115 Å². The van der Waals surface area contributed by atoms with Crippen molar-refractivity contribution in [3.8, 4) is 5.75 Å². The molecule has 0 saturated carbocycles. The molecule has 1 rings (SSSR count). The van der Waals surface area contributed by atoms with Crippen molar-refractivity contribution in [2.45, 2.75) is 20.3 Å². The predicted molar refractivity (Wildman–Crippen MR) is 69.6 cm³/mol. The smallest absolute Gasteiger partial charge is 0.309 e. The van der Waals surface area contributed by atoms with Gasteiger partial charge in [0.1, 0.15) is 5.75 Å². The van der Waals surface area contributed by atoms with E-state index in [1.165, 1.54) is 18.2 Å². The Bertz CT molecular complexity index is 501. The van der Waals surface area contributed by atoms with Crippen molar-refractivity contribution in [3.63, 3.8) is 0 Å². The van der Waals surface area contributed by atoms with Gasteiger partial charge in [0.2, 0.25) is 0 Å². The maximum absolute atomic E-state index is 10.9. The van der Waals surface area contributed by atoms with Crippen LogP contribution in [0, 0.1) is 15.5 Å². The average Bonchev–Trinajstić information content (AvgIpc) is 2.30. The van der Waals surface area contributed by atoms with Gasteiger partial charge in [-0.3, -0.25) is 14.9 Å². The monoisotopic (exact) mass is 287 g/mol. The molecule has 6 nitrogen and oxygen atoms in total. The fourth-order valence-electron chi connectivity index (χ4n) is 1.24. The van der Waals surface area contributed by atoms with Crippen LogP contribution >= 0.6 is 11.6 Å². The second-order valence-corrected chi connectivity index (χ2v) is 5.07. The Morgan fingerprint density at radius 2 is 2.16 bits per heavy atom. The molecule has 0 bridgehead atoms. The van der Waals surface area contributed by atoms with Crippen LogP contribution < -0.4 is 4.74 Å². The van der Waals surface area contributed by atoms with Gasteiger partial charge in [-0.2, -0.15) is 0 Å². The van der Waals surface area contributed by atoms with Crippen LogP contribution in [0.4, 0.5) is 5.69 Å². The molecule has 0 aromatic heterocycles. The summed E-state index contributed by atoms with van der Waals surface area (Å²) >= 11 is 5.84. The Morgan fingerprint density at radius 3 is 2.63 bits per heavy atom. The van der Waals surface area contributed by atoms with E-state index < -0.39 is 16.3 Å². The first-order valence-electron chi connectivity index (χ1n) is 5.54. The molecule has 0 fully saturated rings. The first-order valence-corrected chi connectivity index (χ1v) is 5.92. The number of carboxylic acid groups (broad SMARTS) is 1. The summed E-state index contributed by atoms with van der Waals surface area (Å²) in [6.07, 6.45) is 0.301. The summed E-state index contributed by atoms with van der Waals surface area (Å²) in [5.74, 6) is -0.612. The number of rotatable bonds is 6. The fourth-order valence-corrected chi connectivity index (χ4v) is 1.47. The molecule has 19 heavy (non-hydrogen) atoms. The molecule has 0 aliphatic rings. The van der Waals surface area contributed by atoms with Gasteiger partial charge in [-0.25, -0.2) is 0 Å². The maximum atomic E-state index is 10.9. The van der Waals surface area contributed by atoms with Gasteiger partial charge in [0, 0.05) is 12.1 Å². The van der Waals surface area contributed by atoms with E-state index in [4.69, 9.17) is 21.4 Å². The number of non-ortho nitro benzene ring substituents is 1. The molecule has 104 valence electrons. The van der Waals surface area contributed by atoms with Crippen molar-refractivity contribution >= 4 is 23.3 Å². The molecule has 1 N–H and O–H groups in total. The Kier molecular flexibility index (Phi) is 4.72. The number of benzene rings is 1. The number of aliphatic carboxylic acids is 1. The number of hydrogen-bond donors (Lipinski definition) is 1. The second-order valence-electron chi connectivity index (χ2n) is 4.66. The number of ether oxygens (including phenoxy) is 1. The number of nitro groups is 1. The lowest BCUT2D eigenvalue weighted by Gasteiger charge is -2.19. The summed E-state index contributed by atoms with van der Waals surface area (Å²) in [4.78, 5) is 20.9. The molecule has 7 heteroatoms. The molecule has 0 saturated heterocycles. The topological polar surface area (TPSA) is 89.7 Å². The molecule has 0 unspecified atom stereocenters. The van der Waals surface area contributed by atoms with Crippen LogP contribution in [0.5, 0.6) is 5.75 Å². The molecule has 0 radical (unpaired) electrons. The molecule has 0 spiro atoms. The molecular formula is C12H14ClNO5. The minimum absolute atomic E-state index is 0.122. The molecule has 0 atom stereocenters. The minimum atomic E-state index is -0.911. The molecule has 0 heterocycles. The van der Waals surface area contributed by atoms with Crippen molar-refractivity contribution in [3.05, 3.63) is 33.3 Å². The predicted octanol–water partition coefficient (Wildman–Crippen LogP) is 3.13. The van der Waals surface area contributed by atoms with Crippen LogP contribution in [0.15, 0.2) is 18.2 Å². The van der Waals surface area contributed by atoms with E-state index in [9.17, 15) is 14.9 Å². The SMILES string of the molecule is CC(C)(CCOc1ccc([N+](=O)[O-])cc1Cl)C(=O)O. The van der Waals surface area contributed by atoms with Crippen molar-refractivity contribution in [1.29, 1.82) is 0 Å². The number of carbonyl (C=O) groups is 1. The summed E-state index contributed by atoms with van der Waals surface area (Å²) in [5, 5.41) is 19.6. The average molecular weight is 288 g/mol. The molecular weight excluding hydrogens is 274 g/mol. The van der Waals surface area contributed by atoms with Gasteiger partial charge in [0.05, 0.1) is 22.0 Å². The van der Waals surface area contributed by atoms with Crippen LogP contribution in [0.3, 0.4) is 0 Å². The van der Waals surface area contributed by atoms with E-state index in [0.717, 1.165) is 0 Å². The van der Waals surface area contributed by atoms with Crippen LogP contribution in [0.2, 0.25) is 5.02 Å². The second kappa shape index (κ2) is 5.88. The zero-order valence-corrected chi connectivity index (χ0v) is 11.3. The van der Waals surface area contributed by atoms with Gasteiger partial charge in [-0.1, -0.05) is 11.6 Å². The van der Waals surface area contributed by atoms with Gasteiger partial charge in [0.15, 0.2) is 0 Å². The van der Waals surface area contributed by atoms with Gasteiger partial charge in [0.25, 0.3) is 5.69 Å². The summed E-state index contributed by atoms with van der Waals surface area (Å²) in [5.41, 5.74) is -1.02. The van der Waals surface area contributed by atoms with Gasteiger partial charge >= 0.3 is 5.97 Å². The van der Waals surface area contributed by atoms with E-state index >= 15 is 0 Å². The third-order valence-electron chi connectivity index (χ3n) is 2.69. The summed E-state index contributed by atoms with van der Waals surface area (Å²) in [6, 6.07) is 3.87. The molecule has 1 aromatic carbocycles. The highest BCUT2D eigenvalue weighted by Gasteiger charge is 2.26. The number of halogens is 1. The van der Waals surface area contributed by atoms with E-state index in [1.54, 1.807) is 13.8 Å². The highest BCUT2D eigenvalue weighted by atomic mass is 35.5. The zero-order chi connectivity index (χ0) is 14.6. The third kappa shape index (κ3) is 4.10. The third-order valence-corrected chi connectivity index (χ3v) is 2.99. The van der Waals surface area contributed by atoms with Gasteiger partial charge in [-0.05, 0) is 26.3 Å². The Morgan fingerprint density at radius 1 is 1.53 bits per heavy atom. The minimum Gasteiger partial charge on any atom is -0.492 e. The lowest BCUT2D eigenvalue weighted by Crippen LogP contribution is -2.25. The molecule has 1 aromatic rings. The van der Waals surface area contributed by atoms with E-state index in [1.807, 2.05) is 0 Å². The highest BCUT2D eigenvalue weighted by molar-refractivity contribution is 6.32. The van der Waals surface area contributed by atoms with Crippen LogP contribution in [0.25, 0.3) is 0 Å². The summed E-state index contributed by atoms with van der Waals surface area (Å²) in [7, 11) is 0. The van der Waals surface area contributed by atoms with E-state index in [-0.39, 0.29) is 17.3 Å². The number of carboxylic acids is 1. The lowest BCUT2D eigenvalue weighted by atomic mass is 9.90. The van der Waals surface area contributed by atoms with E-state index in [0.29, 0.717) is 12.2 Å². The first-order chi connectivity index (χ1) is 8.74. The first kappa shape index (κ1) is 15.2. The van der Waals surface area contributed by atoms with Crippen molar-refractivity contribution < 1.29 is 19.6 Å². The largest absolute Gasteiger partial charge is 0.492 e. The highest BCUT2D eigenvalue weighted by Crippen LogP contribution is 2.29. The van der Waals surface area contributed by atoms with Gasteiger partial charge < -0.3 is 9.84 Å². The van der Waals surface area contributed by atoms with Crippen molar-refractivity contribution in [2.75, 3.05) is 6.61 Å². The van der Waals surface area contributed by atoms with Crippen molar-refractivity contribution in [1.82, 2.24) is 0 Å². The van der Waals surface area contributed by atoms with Crippen molar-refractivity contribution in [2.24, 2.45) is 5.41 Å². The number of hydrogen-bond acceptors (Lipinski definition) is 4. The maximum Gasteiger partial charge on any atom is 0.309 e. The van der Waals surface area contributed by atoms with E-state index in [2.05, 4.69) is 0 Å². The molecule has 0 amide bonds. The van der Waals surface area contributed by atoms with Crippen LogP contribution in [0.1, 0.15) is 20.3 Å². The van der Waals surface area contributed by atoms with Crippen LogP contribution in [-0.2, 0) is 4.79 Å². The Balaban J connectivity index is 2.64. The normalized spacial score (nSPS) is 11.1.